The van der Waals surface area contributed by atoms with E-state index in [1.165, 1.54) is 26.1 Å². The second-order valence-corrected chi connectivity index (χ2v) is 7.82. The topological polar surface area (TPSA) is 93.8 Å². The predicted octanol–water partition coefficient (Wildman–Crippen LogP) is 2.77. The molecule has 0 radical (unpaired) electrons. The minimum absolute atomic E-state index is 0.186. The summed E-state index contributed by atoms with van der Waals surface area (Å²) in [4.78, 5) is 33.8. The Balaban J connectivity index is 1.61. The zero-order valence-electron chi connectivity index (χ0n) is 17.3. The maximum atomic E-state index is 12.8. The minimum atomic E-state index is -0.457. The van der Waals surface area contributed by atoms with Gasteiger partial charge in [0.15, 0.2) is 17.3 Å². The standard InChI is InChI=1S/C22H27N3O5/c1-28-18-8-7-14(11-19(18)30-15-5-3-4-6-15)16-12-25(13-17(16)22(27)29-2)21(26)20-23-9-10-24-20/h7-11,15-17H,3-6,12-13H2,1-2H3,(H,23,24)/t16-,17+/m0/s1. The number of benzene rings is 1. The quantitative estimate of drug-likeness (QED) is 0.732. The van der Waals surface area contributed by atoms with Gasteiger partial charge < -0.3 is 24.1 Å². The van der Waals surface area contributed by atoms with Crippen molar-refractivity contribution in [1.29, 1.82) is 0 Å². The molecule has 8 heteroatoms. The lowest BCUT2D eigenvalue weighted by Gasteiger charge is -2.20. The summed E-state index contributed by atoms with van der Waals surface area (Å²) in [5, 5.41) is 0. The molecule has 8 nitrogen and oxygen atoms in total. The van der Waals surface area contributed by atoms with Gasteiger partial charge in [-0.05, 0) is 43.4 Å². The molecule has 1 N–H and O–H groups in total. The van der Waals surface area contributed by atoms with E-state index in [2.05, 4.69) is 9.97 Å². The fourth-order valence-electron chi connectivity index (χ4n) is 4.43. The monoisotopic (exact) mass is 413 g/mol. The molecule has 1 aliphatic heterocycles. The zero-order valence-corrected chi connectivity index (χ0v) is 17.3. The first-order chi connectivity index (χ1) is 14.6. The maximum absolute atomic E-state index is 12.8. The second kappa shape index (κ2) is 8.77. The third kappa shape index (κ3) is 3.99. The first kappa shape index (κ1) is 20.3. The molecule has 0 spiro atoms. The number of carbonyl (C=O) groups is 2. The average molecular weight is 413 g/mol. The van der Waals surface area contributed by atoms with Crippen LogP contribution in [0.15, 0.2) is 30.6 Å². The highest BCUT2D eigenvalue weighted by Crippen LogP contribution is 2.39. The maximum Gasteiger partial charge on any atom is 0.311 e. The molecule has 2 aromatic rings. The number of aromatic nitrogens is 2. The first-order valence-electron chi connectivity index (χ1n) is 10.3. The highest BCUT2D eigenvalue weighted by atomic mass is 16.5. The fourth-order valence-corrected chi connectivity index (χ4v) is 4.43. The van der Waals surface area contributed by atoms with E-state index in [0.29, 0.717) is 18.0 Å². The predicted molar refractivity (Wildman–Crippen MR) is 109 cm³/mol. The van der Waals surface area contributed by atoms with Crippen LogP contribution in [0.25, 0.3) is 0 Å². The van der Waals surface area contributed by atoms with Gasteiger partial charge in [-0.15, -0.1) is 0 Å². The Bertz CT molecular complexity index is 892. The van der Waals surface area contributed by atoms with Crippen molar-refractivity contribution in [2.24, 2.45) is 5.92 Å². The summed E-state index contributed by atoms with van der Waals surface area (Å²) < 4.78 is 16.7. The van der Waals surface area contributed by atoms with Crippen LogP contribution >= 0.6 is 0 Å². The lowest BCUT2D eigenvalue weighted by atomic mass is 9.89. The Morgan fingerprint density at radius 1 is 1.13 bits per heavy atom. The molecular formula is C22H27N3O5. The lowest BCUT2D eigenvalue weighted by Crippen LogP contribution is -2.30. The summed E-state index contributed by atoms with van der Waals surface area (Å²) in [6.45, 7) is 0.677. The Kier molecular flexibility index (Phi) is 5.92. The van der Waals surface area contributed by atoms with Crippen LogP contribution in [0.4, 0.5) is 0 Å². The molecule has 2 heterocycles. The van der Waals surface area contributed by atoms with E-state index in [0.717, 1.165) is 18.4 Å². The van der Waals surface area contributed by atoms with Crippen LogP contribution < -0.4 is 9.47 Å². The van der Waals surface area contributed by atoms with E-state index >= 15 is 0 Å². The van der Waals surface area contributed by atoms with Crippen LogP contribution in [-0.2, 0) is 9.53 Å². The third-order valence-corrected chi connectivity index (χ3v) is 6.02. The number of esters is 1. The summed E-state index contributed by atoms with van der Waals surface area (Å²) in [5.74, 6) is 0.397. The fraction of sp³-hybridized carbons (Fsp3) is 0.500. The average Bonchev–Trinajstić information content (AvgIpc) is 3.54. The normalized spacial score (nSPS) is 21.6. The molecule has 1 aromatic carbocycles. The van der Waals surface area contributed by atoms with E-state index < -0.39 is 5.92 Å². The summed E-state index contributed by atoms with van der Waals surface area (Å²) in [7, 11) is 2.99. The van der Waals surface area contributed by atoms with E-state index in [1.807, 2.05) is 18.2 Å². The van der Waals surface area contributed by atoms with Crippen molar-refractivity contribution in [1.82, 2.24) is 14.9 Å². The number of ether oxygens (including phenoxy) is 3. The highest BCUT2D eigenvalue weighted by molar-refractivity contribution is 5.91. The van der Waals surface area contributed by atoms with Crippen molar-refractivity contribution in [3.05, 3.63) is 42.0 Å². The van der Waals surface area contributed by atoms with Crippen molar-refractivity contribution in [3.8, 4) is 11.5 Å². The number of aromatic amines is 1. The van der Waals surface area contributed by atoms with Crippen LogP contribution in [0.5, 0.6) is 11.5 Å². The molecule has 1 saturated carbocycles. The SMILES string of the molecule is COC(=O)[C@@H]1CN(C(=O)c2ncc[nH]2)C[C@H]1c1ccc(OC)c(OC2CCCC2)c1. The molecule has 2 atom stereocenters. The molecule has 0 unspecified atom stereocenters. The van der Waals surface area contributed by atoms with Crippen LogP contribution in [-0.4, -0.2) is 60.2 Å². The van der Waals surface area contributed by atoms with Crippen LogP contribution in [0, 0.1) is 5.92 Å². The van der Waals surface area contributed by atoms with Gasteiger partial charge in [-0.1, -0.05) is 6.07 Å². The Hall–Kier alpha value is -3.03. The van der Waals surface area contributed by atoms with Crippen molar-refractivity contribution in [2.75, 3.05) is 27.3 Å². The summed E-state index contributed by atoms with van der Waals surface area (Å²) in [5.41, 5.74) is 0.925. The van der Waals surface area contributed by atoms with Gasteiger partial charge in [0.2, 0.25) is 0 Å². The second-order valence-electron chi connectivity index (χ2n) is 7.82. The first-order valence-corrected chi connectivity index (χ1v) is 10.3. The molecular weight excluding hydrogens is 386 g/mol. The summed E-state index contributed by atoms with van der Waals surface area (Å²) >= 11 is 0. The number of nitrogens with one attached hydrogen (secondary N) is 1. The molecule has 160 valence electrons. The zero-order chi connectivity index (χ0) is 21.1. The molecule has 1 aromatic heterocycles. The van der Waals surface area contributed by atoms with Crippen molar-refractivity contribution >= 4 is 11.9 Å². The molecule has 1 saturated heterocycles. The number of H-pyrrole nitrogens is 1. The van der Waals surface area contributed by atoms with Gasteiger partial charge in [-0.2, -0.15) is 0 Å². The van der Waals surface area contributed by atoms with Crippen LogP contribution in [0.2, 0.25) is 0 Å². The smallest absolute Gasteiger partial charge is 0.311 e. The van der Waals surface area contributed by atoms with E-state index in [-0.39, 0.29) is 36.3 Å². The van der Waals surface area contributed by atoms with Gasteiger partial charge >= 0.3 is 5.97 Å². The molecule has 1 aliphatic carbocycles. The Labute approximate surface area is 175 Å². The molecule has 30 heavy (non-hydrogen) atoms. The summed E-state index contributed by atoms with van der Waals surface area (Å²) in [6, 6.07) is 5.74. The van der Waals surface area contributed by atoms with Crippen LogP contribution in [0.1, 0.15) is 47.8 Å². The molecule has 0 bridgehead atoms. The lowest BCUT2D eigenvalue weighted by molar-refractivity contribution is -0.145. The van der Waals surface area contributed by atoms with Crippen molar-refractivity contribution in [3.63, 3.8) is 0 Å². The van der Waals surface area contributed by atoms with E-state index in [1.54, 1.807) is 18.2 Å². The number of nitrogens with zero attached hydrogens (tertiary/aromatic N) is 2. The van der Waals surface area contributed by atoms with E-state index in [9.17, 15) is 9.59 Å². The van der Waals surface area contributed by atoms with Gasteiger partial charge in [0, 0.05) is 31.4 Å². The Morgan fingerprint density at radius 2 is 1.93 bits per heavy atom. The van der Waals surface area contributed by atoms with Crippen molar-refractivity contribution in [2.45, 2.75) is 37.7 Å². The number of carbonyl (C=O) groups excluding carboxylic acids is 2. The number of hydrogen-bond donors (Lipinski definition) is 1. The van der Waals surface area contributed by atoms with Gasteiger partial charge in [-0.3, -0.25) is 9.59 Å². The van der Waals surface area contributed by atoms with Gasteiger partial charge in [-0.25, -0.2) is 4.98 Å². The molecule has 1 amide bonds. The number of hydrogen-bond acceptors (Lipinski definition) is 6. The number of amides is 1. The third-order valence-electron chi connectivity index (χ3n) is 6.02. The van der Waals surface area contributed by atoms with Gasteiger partial charge in [0.25, 0.3) is 5.91 Å². The minimum Gasteiger partial charge on any atom is -0.493 e. The molecule has 2 fully saturated rings. The molecule has 4 rings (SSSR count). The molecule has 2 aliphatic rings. The number of likely N-dealkylation sites (tertiary alicyclic amines) is 1. The number of imidazole rings is 1. The number of rotatable bonds is 6. The van der Waals surface area contributed by atoms with E-state index in [4.69, 9.17) is 14.2 Å². The largest absolute Gasteiger partial charge is 0.493 e. The summed E-state index contributed by atoms with van der Waals surface area (Å²) in [6.07, 6.45) is 7.74. The highest BCUT2D eigenvalue weighted by Gasteiger charge is 2.42. The van der Waals surface area contributed by atoms with Crippen molar-refractivity contribution < 1.29 is 23.8 Å². The number of methoxy groups -OCH3 is 2. The van der Waals surface area contributed by atoms with Gasteiger partial charge in [0.1, 0.15) is 0 Å². The van der Waals surface area contributed by atoms with Crippen LogP contribution in [0.3, 0.4) is 0 Å². The van der Waals surface area contributed by atoms with Gasteiger partial charge in [0.05, 0.1) is 26.2 Å². The Morgan fingerprint density at radius 3 is 2.60 bits per heavy atom.